The van der Waals surface area contributed by atoms with Gasteiger partial charge in [0.2, 0.25) is 5.89 Å². The summed E-state index contributed by atoms with van der Waals surface area (Å²) in [6.45, 7) is 4.20. The predicted octanol–water partition coefficient (Wildman–Crippen LogP) is 5.70. The molecule has 0 amide bonds. The van der Waals surface area contributed by atoms with Gasteiger partial charge in [-0.25, -0.2) is 9.78 Å². The smallest absolute Gasteiger partial charge is 0.416 e. The zero-order valence-electron chi connectivity index (χ0n) is 18.6. The molecule has 6 nitrogen and oxygen atoms in total. The van der Waals surface area contributed by atoms with Gasteiger partial charge in [0.15, 0.2) is 6.10 Å². The Hall–Kier alpha value is -3.59. The lowest BCUT2D eigenvalue weighted by atomic mass is 10.0. The lowest BCUT2D eigenvalue weighted by Gasteiger charge is -2.13. The highest BCUT2D eigenvalue weighted by Crippen LogP contribution is 2.31. The van der Waals surface area contributed by atoms with Crippen molar-refractivity contribution in [2.24, 2.45) is 0 Å². The molecule has 0 aliphatic heterocycles. The summed E-state index contributed by atoms with van der Waals surface area (Å²) in [6.07, 6.45) is -3.21. The molecule has 9 heteroatoms. The van der Waals surface area contributed by atoms with Crippen LogP contribution in [0.1, 0.15) is 29.5 Å². The standard InChI is InChI=1S/C25H23F3N2O4/c1-3-33-22(24(31)32)13-17-5-4-6-21-19(17)11-12-30(21)14-20-15(2)34-23(29-20)16-7-9-18(10-8-16)25(26,27)28/h4-12,22H,3,13-14H2,1-2H3,(H,31,32). The van der Waals surface area contributed by atoms with Gasteiger partial charge in [0, 0.05) is 35.7 Å². The molecular weight excluding hydrogens is 449 g/mol. The van der Waals surface area contributed by atoms with Gasteiger partial charge in [0.1, 0.15) is 11.5 Å². The van der Waals surface area contributed by atoms with E-state index < -0.39 is 23.8 Å². The van der Waals surface area contributed by atoms with Crippen LogP contribution in [0.4, 0.5) is 13.2 Å². The molecule has 1 N–H and O–H groups in total. The summed E-state index contributed by atoms with van der Waals surface area (Å²) in [4.78, 5) is 16.0. The SMILES string of the molecule is CCOC(Cc1cccc2c1ccn2Cc1nc(-c2ccc(C(F)(F)F)cc2)oc1C)C(=O)O. The molecule has 0 aliphatic carbocycles. The van der Waals surface area contributed by atoms with Crippen molar-refractivity contribution in [3.63, 3.8) is 0 Å². The molecule has 2 aromatic carbocycles. The molecule has 4 aromatic rings. The van der Waals surface area contributed by atoms with E-state index in [1.807, 2.05) is 35.0 Å². The summed E-state index contributed by atoms with van der Waals surface area (Å²) in [5, 5.41) is 10.3. The van der Waals surface area contributed by atoms with Crippen molar-refractivity contribution >= 4 is 16.9 Å². The summed E-state index contributed by atoms with van der Waals surface area (Å²) in [5.74, 6) is -0.193. The molecule has 1 unspecified atom stereocenters. The van der Waals surface area contributed by atoms with Crippen molar-refractivity contribution in [2.45, 2.75) is 39.1 Å². The van der Waals surface area contributed by atoms with Crippen LogP contribution in [0, 0.1) is 6.92 Å². The van der Waals surface area contributed by atoms with Crippen LogP contribution in [0.5, 0.6) is 0 Å². The van der Waals surface area contributed by atoms with Gasteiger partial charge in [0.25, 0.3) is 0 Å². The molecule has 0 spiro atoms. The molecule has 2 heterocycles. The van der Waals surface area contributed by atoms with Gasteiger partial charge in [0.05, 0.1) is 12.1 Å². The van der Waals surface area contributed by atoms with Crippen molar-refractivity contribution < 1.29 is 32.2 Å². The lowest BCUT2D eigenvalue weighted by molar-refractivity contribution is -0.150. The van der Waals surface area contributed by atoms with Crippen LogP contribution in [0.15, 0.2) is 59.1 Å². The van der Waals surface area contributed by atoms with Crippen LogP contribution in [0.3, 0.4) is 0 Å². The molecule has 0 aliphatic rings. The summed E-state index contributed by atoms with van der Waals surface area (Å²) < 4.78 is 51.5. The van der Waals surface area contributed by atoms with E-state index in [9.17, 15) is 23.1 Å². The number of carboxylic acid groups (broad SMARTS) is 1. The third kappa shape index (κ3) is 4.84. The Balaban J connectivity index is 1.59. The third-order valence-electron chi connectivity index (χ3n) is 5.62. The second-order valence-electron chi connectivity index (χ2n) is 7.88. The van der Waals surface area contributed by atoms with Crippen LogP contribution in [-0.2, 0) is 28.7 Å². The predicted molar refractivity (Wildman–Crippen MR) is 119 cm³/mol. The minimum absolute atomic E-state index is 0.242. The fourth-order valence-corrected chi connectivity index (χ4v) is 3.88. The van der Waals surface area contributed by atoms with Crippen LogP contribution in [0.2, 0.25) is 0 Å². The van der Waals surface area contributed by atoms with E-state index in [1.54, 1.807) is 13.8 Å². The zero-order chi connectivity index (χ0) is 24.5. The van der Waals surface area contributed by atoms with Gasteiger partial charge in [-0.15, -0.1) is 0 Å². The monoisotopic (exact) mass is 472 g/mol. The number of nitrogens with zero attached hydrogens (tertiary/aromatic N) is 2. The number of carbonyl (C=O) groups is 1. The molecule has 178 valence electrons. The first kappa shape index (κ1) is 23.6. The molecule has 0 saturated heterocycles. The van der Waals surface area contributed by atoms with Gasteiger partial charge in [-0.1, -0.05) is 12.1 Å². The molecule has 0 bridgehead atoms. The van der Waals surface area contributed by atoms with E-state index >= 15 is 0 Å². The van der Waals surface area contributed by atoms with Gasteiger partial charge in [-0.2, -0.15) is 13.2 Å². The molecule has 0 radical (unpaired) electrons. The lowest BCUT2D eigenvalue weighted by Crippen LogP contribution is -2.26. The Bertz CT molecular complexity index is 1310. The van der Waals surface area contributed by atoms with E-state index in [2.05, 4.69) is 4.98 Å². The third-order valence-corrected chi connectivity index (χ3v) is 5.62. The summed E-state index contributed by atoms with van der Waals surface area (Å²) in [5.41, 5.74) is 2.13. The Kier molecular flexibility index (Phi) is 6.47. The Labute approximate surface area is 193 Å². The minimum Gasteiger partial charge on any atom is -0.479 e. The number of aryl methyl sites for hydroxylation is 1. The number of hydrogen-bond acceptors (Lipinski definition) is 4. The maximum atomic E-state index is 12.8. The van der Waals surface area contributed by atoms with E-state index in [1.165, 1.54) is 12.1 Å². The van der Waals surface area contributed by atoms with E-state index in [-0.39, 0.29) is 12.3 Å². The second kappa shape index (κ2) is 9.34. The van der Waals surface area contributed by atoms with Crippen LogP contribution in [0.25, 0.3) is 22.4 Å². The number of hydrogen-bond donors (Lipinski definition) is 1. The number of fused-ring (bicyclic) bond motifs is 1. The minimum atomic E-state index is -4.41. The van der Waals surface area contributed by atoms with E-state index in [4.69, 9.17) is 9.15 Å². The number of benzene rings is 2. The molecule has 4 rings (SSSR count). The summed E-state index contributed by atoms with van der Waals surface area (Å²) in [7, 11) is 0. The first-order valence-electron chi connectivity index (χ1n) is 10.7. The molecule has 34 heavy (non-hydrogen) atoms. The molecule has 0 fully saturated rings. The average Bonchev–Trinajstić information content (AvgIpc) is 3.37. The van der Waals surface area contributed by atoms with Crippen LogP contribution < -0.4 is 0 Å². The summed E-state index contributed by atoms with van der Waals surface area (Å²) in [6, 6.07) is 12.3. The normalized spacial score (nSPS) is 12.9. The maximum Gasteiger partial charge on any atom is 0.416 e. The van der Waals surface area contributed by atoms with E-state index in [0.717, 1.165) is 28.6 Å². The highest BCUT2D eigenvalue weighted by Gasteiger charge is 2.30. The number of oxazole rings is 1. The molecule has 0 saturated carbocycles. The zero-order valence-corrected chi connectivity index (χ0v) is 18.6. The number of alkyl halides is 3. The fraction of sp³-hybridized carbons (Fsp3) is 0.280. The number of rotatable bonds is 8. The van der Waals surface area contributed by atoms with Gasteiger partial charge >= 0.3 is 12.1 Å². The first-order valence-corrected chi connectivity index (χ1v) is 10.7. The number of aromatic nitrogens is 2. The molecular formula is C25H23F3N2O4. The van der Waals surface area contributed by atoms with Gasteiger partial charge < -0.3 is 18.8 Å². The fourth-order valence-electron chi connectivity index (χ4n) is 3.88. The van der Waals surface area contributed by atoms with Crippen LogP contribution in [-0.4, -0.2) is 33.3 Å². The second-order valence-corrected chi connectivity index (χ2v) is 7.88. The Morgan fingerprint density at radius 3 is 2.56 bits per heavy atom. The van der Waals surface area contributed by atoms with Crippen LogP contribution >= 0.6 is 0 Å². The molecule has 2 aromatic heterocycles. The topological polar surface area (TPSA) is 77.5 Å². The van der Waals surface area contributed by atoms with Crippen molar-refractivity contribution in [3.05, 3.63) is 77.3 Å². The van der Waals surface area contributed by atoms with E-state index in [0.29, 0.717) is 30.2 Å². The first-order chi connectivity index (χ1) is 16.2. The largest absolute Gasteiger partial charge is 0.479 e. The maximum absolute atomic E-state index is 12.8. The number of halogens is 3. The number of ether oxygens (including phenoxy) is 1. The van der Waals surface area contributed by atoms with Crippen molar-refractivity contribution in [2.75, 3.05) is 6.61 Å². The highest BCUT2D eigenvalue weighted by molar-refractivity contribution is 5.85. The van der Waals surface area contributed by atoms with Crippen molar-refractivity contribution in [1.29, 1.82) is 0 Å². The quantitative estimate of drug-likeness (QED) is 0.356. The Morgan fingerprint density at radius 2 is 1.91 bits per heavy atom. The average molecular weight is 472 g/mol. The van der Waals surface area contributed by atoms with Gasteiger partial charge in [-0.3, -0.25) is 0 Å². The van der Waals surface area contributed by atoms with Crippen molar-refractivity contribution in [1.82, 2.24) is 9.55 Å². The summed E-state index contributed by atoms with van der Waals surface area (Å²) >= 11 is 0. The number of carboxylic acids is 1. The Morgan fingerprint density at radius 1 is 1.18 bits per heavy atom. The molecule has 1 atom stereocenters. The van der Waals surface area contributed by atoms with Crippen molar-refractivity contribution in [3.8, 4) is 11.5 Å². The highest BCUT2D eigenvalue weighted by atomic mass is 19.4. The van der Waals surface area contributed by atoms with Gasteiger partial charge in [-0.05, 0) is 55.8 Å². The number of aliphatic carboxylic acids is 1.